The van der Waals surface area contributed by atoms with E-state index in [0.717, 1.165) is 5.56 Å². The van der Waals surface area contributed by atoms with E-state index in [0.29, 0.717) is 23.4 Å². The average Bonchev–Trinajstić information content (AvgIpc) is 2.59. The van der Waals surface area contributed by atoms with E-state index in [1.54, 1.807) is 48.5 Å². The molecule has 0 atom stereocenters. The molecule has 0 heterocycles. The van der Waals surface area contributed by atoms with Crippen molar-refractivity contribution in [2.75, 3.05) is 12.4 Å². The lowest BCUT2D eigenvalue weighted by Gasteiger charge is -2.08. The van der Waals surface area contributed by atoms with Gasteiger partial charge in [0.25, 0.3) is 5.91 Å². The van der Waals surface area contributed by atoms with Gasteiger partial charge in [0.05, 0.1) is 12.7 Å². The fourth-order valence-corrected chi connectivity index (χ4v) is 2.10. The molecule has 2 aromatic rings. The van der Waals surface area contributed by atoms with E-state index >= 15 is 0 Å². The minimum Gasteiger partial charge on any atom is -0.465 e. The zero-order valence-electron chi connectivity index (χ0n) is 13.5. The van der Waals surface area contributed by atoms with E-state index < -0.39 is 5.97 Å². The third-order valence-corrected chi connectivity index (χ3v) is 3.27. The van der Waals surface area contributed by atoms with Gasteiger partial charge in [0.2, 0.25) is 5.91 Å². The zero-order chi connectivity index (χ0) is 17.5. The molecule has 124 valence electrons. The summed E-state index contributed by atoms with van der Waals surface area (Å²) in [5.41, 5.74) is 2.33. The normalized spacial score (nSPS) is 9.92. The number of hydrogen-bond donors (Lipinski definition) is 2. The SMILES string of the molecule is COC(=O)c1ccc(CNC(=O)c2cccc(NC(C)=O)c2)cc1. The van der Waals surface area contributed by atoms with E-state index in [1.807, 2.05) is 0 Å². The fraction of sp³-hybridized carbons (Fsp3) is 0.167. The molecule has 0 bridgehead atoms. The molecule has 0 fully saturated rings. The van der Waals surface area contributed by atoms with Gasteiger partial charge in [0.15, 0.2) is 0 Å². The van der Waals surface area contributed by atoms with Gasteiger partial charge < -0.3 is 15.4 Å². The summed E-state index contributed by atoms with van der Waals surface area (Å²) in [5.74, 6) is -0.849. The lowest BCUT2D eigenvalue weighted by Crippen LogP contribution is -2.23. The molecule has 2 rings (SSSR count). The van der Waals surface area contributed by atoms with Crippen LogP contribution in [0, 0.1) is 0 Å². The Hall–Kier alpha value is -3.15. The van der Waals surface area contributed by atoms with Gasteiger partial charge >= 0.3 is 5.97 Å². The van der Waals surface area contributed by atoms with Crippen molar-refractivity contribution in [2.45, 2.75) is 13.5 Å². The molecular weight excluding hydrogens is 308 g/mol. The quantitative estimate of drug-likeness (QED) is 0.826. The number of rotatable bonds is 5. The Bertz CT molecular complexity index is 754. The van der Waals surface area contributed by atoms with Crippen molar-refractivity contribution in [1.82, 2.24) is 5.32 Å². The Morgan fingerprint density at radius 2 is 1.71 bits per heavy atom. The summed E-state index contributed by atoms with van der Waals surface area (Å²) in [6.45, 7) is 1.73. The van der Waals surface area contributed by atoms with Crippen LogP contribution in [0.1, 0.15) is 33.2 Å². The molecule has 24 heavy (non-hydrogen) atoms. The molecule has 0 aromatic heterocycles. The van der Waals surface area contributed by atoms with Crippen LogP contribution in [0.25, 0.3) is 0 Å². The van der Waals surface area contributed by atoms with Crippen LogP contribution in [0.2, 0.25) is 0 Å². The molecule has 6 nitrogen and oxygen atoms in total. The maximum absolute atomic E-state index is 12.2. The monoisotopic (exact) mass is 326 g/mol. The number of esters is 1. The second-order valence-corrected chi connectivity index (χ2v) is 5.13. The van der Waals surface area contributed by atoms with Crippen LogP contribution in [-0.2, 0) is 16.1 Å². The third-order valence-electron chi connectivity index (χ3n) is 3.27. The predicted molar refractivity (Wildman–Crippen MR) is 89.7 cm³/mol. The van der Waals surface area contributed by atoms with E-state index in [9.17, 15) is 14.4 Å². The van der Waals surface area contributed by atoms with E-state index in [-0.39, 0.29) is 11.8 Å². The molecule has 0 aliphatic carbocycles. The first-order valence-corrected chi connectivity index (χ1v) is 7.32. The highest BCUT2D eigenvalue weighted by Gasteiger charge is 2.08. The number of benzene rings is 2. The molecule has 0 radical (unpaired) electrons. The number of carbonyl (C=O) groups excluding carboxylic acids is 3. The van der Waals surface area contributed by atoms with Gasteiger partial charge in [0.1, 0.15) is 0 Å². The minimum atomic E-state index is -0.402. The average molecular weight is 326 g/mol. The summed E-state index contributed by atoms with van der Waals surface area (Å²) in [6, 6.07) is 13.5. The molecule has 0 saturated heterocycles. The summed E-state index contributed by atoms with van der Waals surface area (Å²) in [6.07, 6.45) is 0. The summed E-state index contributed by atoms with van der Waals surface area (Å²) < 4.78 is 4.63. The fourth-order valence-electron chi connectivity index (χ4n) is 2.10. The van der Waals surface area contributed by atoms with Gasteiger partial charge in [-0.25, -0.2) is 4.79 Å². The summed E-state index contributed by atoms with van der Waals surface area (Å²) in [7, 11) is 1.32. The lowest BCUT2D eigenvalue weighted by molar-refractivity contribution is -0.114. The predicted octanol–water partition coefficient (Wildman–Crippen LogP) is 2.36. The topological polar surface area (TPSA) is 84.5 Å². The van der Waals surface area contributed by atoms with Gasteiger partial charge in [0, 0.05) is 24.7 Å². The molecule has 6 heteroatoms. The number of carbonyl (C=O) groups is 3. The van der Waals surface area contributed by atoms with Gasteiger partial charge in [-0.2, -0.15) is 0 Å². The third kappa shape index (κ3) is 4.67. The molecule has 0 unspecified atom stereocenters. The number of anilines is 1. The van der Waals surface area contributed by atoms with Crippen molar-refractivity contribution in [1.29, 1.82) is 0 Å². The second-order valence-electron chi connectivity index (χ2n) is 5.13. The van der Waals surface area contributed by atoms with Crippen LogP contribution in [0.15, 0.2) is 48.5 Å². The van der Waals surface area contributed by atoms with Gasteiger partial charge in [-0.1, -0.05) is 18.2 Å². The molecule has 0 saturated carbocycles. The van der Waals surface area contributed by atoms with Gasteiger partial charge in [-0.3, -0.25) is 9.59 Å². The van der Waals surface area contributed by atoms with Crippen molar-refractivity contribution in [3.05, 3.63) is 65.2 Å². The smallest absolute Gasteiger partial charge is 0.337 e. The van der Waals surface area contributed by atoms with Crippen molar-refractivity contribution in [3.8, 4) is 0 Å². The Balaban J connectivity index is 1.97. The molecule has 2 aromatic carbocycles. The maximum Gasteiger partial charge on any atom is 0.337 e. The number of hydrogen-bond acceptors (Lipinski definition) is 4. The van der Waals surface area contributed by atoms with Crippen LogP contribution >= 0.6 is 0 Å². The summed E-state index contributed by atoms with van der Waals surface area (Å²) in [4.78, 5) is 34.6. The first-order chi connectivity index (χ1) is 11.5. The summed E-state index contributed by atoms with van der Waals surface area (Å²) >= 11 is 0. The molecule has 2 N–H and O–H groups in total. The van der Waals surface area contributed by atoms with Crippen molar-refractivity contribution in [3.63, 3.8) is 0 Å². The van der Waals surface area contributed by atoms with Crippen molar-refractivity contribution >= 4 is 23.5 Å². The van der Waals surface area contributed by atoms with Gasteiger partial charge in [-0.15, -0.1) is 0 Å². The van der Waals surface area contributed by atoms with E-state index in [1.165, 1.54) is 14.0 Å². The Morgan fingerprint density at radius 3 is 2.33 bits per heavy atom. The lowest BCUT2D eigenvalue weighted by atomic mass is 10.1. The standard InChI is InChI=1S/C18H18N2O4/c1-12(21)20-16-5-3-4-15(10-16)17(22)19-11-13-6-8-14(9-7-13)18(23)24-2/h3-10H,11H2,1-2H3,(H,19,22)(H,20,21). The summed E-state index contributed by atoms with van der Waals surface area (Å²) in [5, 5.41) is 5.42. The maximum atomic E-state index is 12.2. The van der Waals surface area contributed by atoms with Crippen LogP contribution in [0.5, 0.6) is 0 Å². The van der Waals surface area contributed by atoms with Crippen molar-refractivity contribution < 1.29 is 19.1 Å². The molecule has 0 spiro atoms. The molecular formula is C18H18N2O4. The molecule has 0 aliphatic heterocycles. The highest BCUT2D eigenvalue weighted by atomic mass is 16.5. The highest BCUT2D eigenvalue weighted by molar-refractivity contribution is 5.96. The van der Waals surface area contributed by atoms with Crippen LogP contribution < -0.4 is 10.6 Å². The van der Waals surface area contributed by atoms with E-state index in [4.69, 9.17) is 0 Å². The molecule has 0 aliphatic rings. The van der Waals surface area contributed by atoms with E-state index in [2.05, 4.69) is 15.4 Å². The van der Waals surface area contributed by atoms with Crippen LogP contribution in [0.4, 0.5) is 5.69 Å². The van der Waals surface area contributed by atoms with Gasteiger partial charge in [-0.05, 0) is 35.9 Å². The van der Waals surface area contributed by atoms with Crippen LogP contribution in [-0.4, -0.2) is 24.9 Å². The first kappa shape index (κ1) is 17.2. The highest BCUT2D eigenvalue weighted by Crippen LogP contribution is 2.11. The minimum absolute atomic E-state index is 0.196. The number of methoxy groups -OCH3 is 1. The molecule has 2 amide bonds. The first-order valence-electron chi connectivity index (χ1n) is 7.32. The number of ether oxygens (including phenoxy) is 1. The number of nitrogens with one attached hydrogen (secondary N) is 2. The Morgan fingerprint density at radius 1 is 1.00 bits per heavy atom. The zero-order valence-corrected chi connectivity index (χ0v) is 13.5. The van der Waals surface area contributed by atoms with Crippen LogP contribution in [0.3, 0.4) is 0 Å². The largest absolute Gasteiger partial charge is 0.465 e. The Kier molecular flexibility index (Phi) is 5.68. The Labute approximate surface area is 139 Å². The van der Waals surface area contributed by atoms with Crippen molar-refractivity contribution in [2.24, 2.45) is 0 Å². The second kappa shape index (κ2) is 7.92. The number of amides is 2.